The van der Waals surface area contributed by atoms with Crippen LogP contribution in [0.3, 0.4) is 0 Å². The molecule has 1 fully saturated rings. The van der Waals surface area contributed by atoms with Crippen molar-refractivity contribution in [3.63, 3.8) is 0 Å². The van der Waals surface area contributed by atoms with E-state index in [4.69, 9.17) is 4.98 Å². The molecular weight excluding hydrogens is 531 g/mol. The zero-order valence-electron chi connectivity index (χ0n) is 22.3. The van der Waals surface area contributed by atoms with E-state index in [1.165, 1.54) is 68.8 Å². The van der Waals surface area contributed by atoms with Crippen LogP contribution in [0.5, 0.6) is 0 Å². The van der Waals surface area contributed by atoms with Gasteiger partial charge in [-0.15, -0.1) is 34.4 Å². The molecule has 3 aromatic carbocycles. The predicted molar refractivity (Wildman–Crippen MR) is 173 cm³/mol. The molecule has 4 atom stereocenters. The topological polar surface area (TPSA) is 12.9 Å². The molecule has 0 spiro atoms. The third-order valence-corrected chi connectivity index (χ3v) is 12.6. The van der Waals surface area contributed by atoms with Crippen LogP contribution in [0.4, 0.5) is 0 Å². The molecule has 0 saturated heterocycles. The van der Waals surface area contributed by atoms with Crippen molar-refractivity contribution in [2.45, 2.75) is 38.4 Å². The quantitative estimate of drug-likeness (QED) is 0.214. The molecule has 6 aromatic rings. The van der Waals surface area contributed by atoms with E-state index in [0.29, 0.717) is 23.0 Å². The number of aryl methyl sites for hydroxylation is 2. The Kier molecular flexibility index (Phi) is 5.55. The van der Waals surface area contributed by atoms with Gasteiger partial charge in [-0.05, 0) is 61.4 Å². The maximum absolute atomic E-state index is 4.90. The minimum Gasteiger partial charge on any atom is -0.256 e. The first-order valence-corrected chi connectivity index (χ1v) is 16.3. The average molecular weight is 560 g/mol. The van der Waals surface area contributed by atoms with Crippen molar-refractivity contribution in [2.75, 3.05) is 0 Å². The van der Waals surface area contributed by atoms with Gasteiger partial charge in [0, 0.05) is 68.7 Å². The van der Waals surface area contributed by atoms with E-state index in [1.54, 1.807) is 5.57 Å². The third kappa shape index (κ3) is 3.54. The second-order valence-electron chi connectivity index (χ2n) is 11.2. The first kappa shape index (κ1) is 23.9. The molecule has 4 heterocycles. The van der Waals surface area contributed by atoms with Crippen LogP contribution in [0.1, 0.15) is 45.7 Å². The summed E-state index contributed by atoms with van der Waals surface area (Å²) in [5.74, 6) is 1.60. The van der Waals surface area contributed by atoms with Crippen LogP contribution in [0.2, 0.25) is 0 Å². The minimum absolute atomic E-state index is 0.474. The molecule has 2 aliphatic rings. The van der Waals surface area contributed by atoms with Crippen LogP contribution in [0.25, 0.3) is 41.6 Å². The largest absolute Gasteiger partial charge is 0.256 e. The molecule has 1 saturated carbocycles. The van der Waals surface area contributed by atoms with Crippen LogP contribution < -0.4 is 0 Å². The molecule has 3 aromatic heterocycles. The van der Waals surface area contributed by atoms with Crippen molar-refractivity contribution >= 4 is 76.0 Å². The van der Waals surface area contributed by atoms with Gasteiger partial charge in [0.25, 0.3) is 0 Å². The number of para-hydroxylation sites is 1. The van der Waals surface area contributed by atoms with Gasteiger partial charge in [0.05, 0.1) is 5.52 Å². The van der Waals surface area contributed by atoms with Crippen molar-refractivity contribution in [2.24, 2.45) is 11.8 Å². The number of fused-ring (bicyclic) bond motifs is 4. The maximum atomic E-state index is 4.90. The van der Waals surface area contributed by atoms with E-state index in [-0.39, 0.29) is 0 Å². The number of aromatic nitrogens is 1. The highest BCUT2D eigenvalue weighted by atomic mass is 32.2. The summed E-state index contributed by atoms with van der Waals surface area (Å²) >= 11 is 6.07. The lowest BCUT2D eigenvalue weighted by Gasteiger charge is -2.23. The number of pyridine rings is 1. The number of benzene rings is 3. The van der Waals surface area contributed by atoms with Crippen LogP contribution in [0.15, 0.2) is 85.1 Å². The molecule has 0 bridgehead atoms. The zero-order valence-corrected chi connectivity index (χ0v) is 24.7. The Balaban J connectivity index is 1.38. The smallest absolute Gasteiger partial charge is 0.0737 e. The van der Waals surface area contributed by atoms with Crippen molar-refractivity contribution < 1.29 is 0 Å². The van der Waals surface area contributed by atoms with Crippen LogP contribution >= 0.6 is 34.4 Å². The molecule has 0 amide bonds. The monoisotopic (exact) mass is 559 g/mol. The maximum Gasteiger partial charge on any atom is 0.0737 e. The SMILES string of the molecule is Cc1sc2ccccc2c1C1=C(c2c(C)sc3ccccc23)C2CC(C)C(c3cccc4cccnc34)C2S1. The molecular formula is C35H29NS3. The summed E-state index contributed by atoms with van der Waals surface area (Å²) in [5.41, 5.74) is 7.20. The van der Waals surface area contributed by atoms with Gasteiger partial charge in [0.15, 0.2) is 0 Å². The standard InChI is InChI=1S/C35H29NS3/c1-19-18-26-32(30-20(2)37-27-15-6-4-12-23(27)30)35(31-21(3)38-28-16-7-5-13-24(28)31)39-34(26)29(19)25-14-8-10-22-11-9-17-36-33(22)25/h4-17,19,26,29,34H,18H2,1-3H3. The number of thiophene rings is 2. The third-order valence-electron chi connectivity index (χ3n) is 8.92. The van der Waals surface area contributed by atoms with E-state index < -0.39 is 0 Å². The summed E-state index contributed by atoms with van der Waals surface area (Å²) in [7, 11) is 0. The van der Waals surface area contributed by atoms with Gasteiger partial charge < -0.3 is 0 Å². The number of nitrogens with zero attached hydrogens (tertiary/aromatic N) is 1. The average Bonchev–Trinajstić information content (AvgIpc) is 3.65. The Bertz CT molecular complexity index is 1940. The number of hydrogen-bond donors (Lipinski definition) is 0. The number of rotatable bonds is 3. The lowest BCUT2D eigenvalue weighted by molar-refractivity contribution is 0.535. The Morgan fingerprint density at radius 1 is 0.744 bits per heavy atom. The fraction of sp³-hybridized carbons (Fsp3) is 0.229. The molecule has 4 unspecified atom stereocenters. The van der Waals surface area contributed by atoms with E-state index in [9.17, 15) is 0 Å². The fourth-order valence-corrected chi connectivity index (χ4v) is 11.6. The second-order valence-corrected chi connectivity index (χ2v) is 14.9. The Hall–Kier alpha value is -2.92. The van der Waals surface area contributed by atoms with Gasteiger partial charge >= 0.3 is 0 Å². The van der Waals surface area contributed by atoms with Crippen LogP contribution in [0, 0.1) is 25.7 Å². The van der Waals surface area contributed by atoms with E-state index in [0.717, 1.165) is 0 Å². The van der Waals surface area contributed by atoms with Crippen molar-refractivity contribution in [1.29, 1.82) is 0 Å². The van der Waals surface area contributed by atoms with E-state index in [1.807, 2.05) is 28.9 Å². The van der Waals surface area contributed by atoms with Gasteiger partial charge in [0.2, 0.25) is 0 Å². The van der Waals surface area contributed by atoms with E-state index >= 15 is 0 Å². The molecule has 39 heavy (non-hydrogen) atoms. The summed E-state index contributed by atoms with van der Waals surface area (Å²) in [6.07, 6.45) is 3.18. The van der Waals surface area contributed by atoms with Crippen molar-refractivity contribution in [3.8, 4) is 0 Å². The minimum atomic E-state index is 0.474. The fourth-order valence-electron chi connectivity index (χ4n) is 7.39. The first-order valence-electron chi connectivity index (χ1n) is 13.8. The van der Waals surface area contributed by atoms with Gasteiger partial charge in [-0.2, -0.15) is 0 Å². The first-order chi connectivity index (χ1) is 19.1. The Labute approximate surface area is 241 Å². The number of allylic oxidation sites excluding steroid dienone is 1. The molecule has 1 aliphatic heterocycles. The highest BCUT2D eigenvalue weighted by Crippen LogP contribution is 2.65. The van der Waals surface area contributed by atoms with Crippen LogP contribution in [-0.4, -0.2) is 10.2 Å². The lowest BCUT2D eigenvalue weighted by atomic mass is 9.85. The Morgan fingerprint density at radius 3 is 2.18 bits per heavy atom. The number of thioether (sulfide) groups is 1. The van der Waals surface area contributed by atoms with Gasteiger partial charge in [-0.25, -0.2) is 0 Å². The van der Waals surface area contributed by atoms with Gasteiger partial charge in [0.1, 0.15) is 0 Å². The highest BCUT2D eigenvalue weighted by Gasteiger charge is 2.50. The summed E-state index contributed by atoms with van der Waals surface area (Å²) in [4.78, 5) is 9.31. The highest BCUT2D eigenvalue weighted by molar-refractivity contribution is 8.09. The van der Waals surface area contributed by atoms with Crippen molar-refractivity contribution in [1.82, 2.24) is 4.98 Å². The van der Waals surface area contributed by atoms with Crippen molar-refractivity contribution in [3.05, 3.63) is 112 Å². The van der Waals surface area contributed by atoms with E-state index in [2.05, 4.69) is 111 Å². The van der Waals surface area contributed by atoms with Crippen LogP contribution in [-0.2, 0) is 0 Å². The summed E-state index contributed by atoms with van der Waals surface area (Å²) in [6.45, 7) is 7.14. The molecule has 192 valence electrons. The molecule has 0 N–H and O–H groups in total. The molecule has 0 radical (unpaired) electrons. The molecule has 1 nitrogen and oxygen atoms in total. The second kappa shape index (κ2) is 9.05. The number of hydrogen-bond acceptors (Lipinski definition) is 4. The summed E-state index contributed by atoms with van der Waals surface area (Å²) in [6, 6.07) is 29.1. The molecule has 1 aliphatic carbocycles. The summed E-state index contributed by atoms with van der Waals surface area (Å²) < 4.78 is 2.79. The van der Waals surface area contributed by atoms with Gasteiger partial charge in [-0.3, -0.25) is 4.98 Å². The molecule has 8 rings (SSSR count). The Morgan fingerprint density at radius 2 is 1.41 bits per heavy atom. The molecule has 4 heteroatoms. The lowest BCUT2D eigenvalue weighted by Crippen LogP contribution is -2.16. The summed E-state index contributed by atoms with van der Waals surface area (Å²) in [5, 5.41) is 4.59. The van der Waals surface area contributed by atoms with Gasteiger partial charge in [-0.1, -0.05) is 67.6 Å². The zero-order chi connectivity index (χ0) is 26.2. The normalized spacial score (nSPS) is 22.9. The predicted octanol–water partition coefficient (Wildman–Crippen LogP) is 10.7.